The molecule has 0 spiro atoms. The molecule has 0 bridgehead atoms. The minimum Gasteiger partial charge on any atom is -0.494 e. The topological polar surface area (TPSA) is 80.6 Å². The van der Waals surface area contributed by atoms with E-state index >= 15 is 0 Å². The highest BCUT2D eigenvalue weighted by Crippen LogP contribution is 2.27. The Morgan fingerprint density at radius 3 is 2.44 bits per heavy atom. The third-order valence-corrected chi connectivity index (χ3v) is 7.11. The van der Waals surface area contributed by atoms with Crippen molar-refractivity contribution in [3.8, 4) is 5.75 Å². The van der Waals surface area contributed by atoms with Gasteiger partial charge in [-0.3, -0.25) is 14.9 Å². The van der Waals surface area contributed by atoms with Gasteiger partial charge in [-0.1, -0.05) is 43.3 Å². The molecule has 4 aromatic rings. The highest BCUT2D eigenvalue weighted by molar-refractivity contribution is 6.39. The number of barbiturate groups is 1. The van der Waals surface area contributed by atoms with Gasteiger partial charge in [0.25, 0.3) is 11.8 Å². The number of nitrogens with one attached hydrogen (secondary N) is 1. The van der Waals surface area contributed by atoms with Crippen LogP contribution in [0.15, 0.2) is 78.5 Å². The Kier molecular flexibility index (Phi) is 7.32. The lowest BCUT2D eigenvalue weighted by molar-refractivity contribution is -0.122. The van der Waals surface area contributed by atoms with E-state index in [9.17, 15) is 14.4 Å². The van der Waals surface area contributed by atoms with Crippen LogP contribution in [0.3, 0.4) is 0 Å². The lowest BCUT2D eigenvalue weighted by Crippen LogP contribution is -2.54. The predicted molar refractivity (Wildman–Crippen MR) is 153 cm³/mol. The van der Waals surface area contributed by atoms with Crippen molar-refractivity contribution < 1.29 is 19.1 Å². The predicted octanol–water partition coefficient (Wildman–Crippen LogP) is 5.96. The zero-order valence-corrected chi connectivity index (χ0v) is 22.4. The molecule has 4 amide bonds. The first-order chi connectivity index (χ1) is 18.9. The first-order valence-corrected chi connectivity index (χ1v) is 13.1. The van der Waals surface area contributed by atoms with Crippen LogP contribution in [0.25, 0.3) is 17.0 Å². The number of rotatable bonds is 8. The van der Waals surface area contributed by atoms with Crippen molar-refractivity contribution in [1.82, 2.24) is 9.88 Å². The number of ether oxygens (including phenoxy) is 1. The molecule has 1 aromatic heterocycles. The number of anilines is 1. The van der Waals surface area contributed by atoms with Crippen LogP contribution < -0.4 is 15.0 Å². The minimum atomic E-state index is -0.752. The normalized spacial score (nSPS) is 14.8. The fourth-order valence-electron chi connectivity index (χ4n) is 4.73. The Hall–Kier alpha value is -4.65. The van der Waals surface area contributed by atoms with Gasteiger partial charge in [0.1, 0.15) is 11.3 Å². The maximum absolute atomic E-state index is 13.4. The second kappa shape index (κ2) is 11.0. The van der Waals surface area contributed by atoms with Crippen LogP contribution in [0.1, 0.15) is 35.6 Å². The Morgan fingerprint density at radius 1 is 0.923 bits per heavy atom. The minimum absolute atomic E-state index is 0.0878. The van der Waals surface area contributed by atoms with Gasteiger partial charge < -0.3 is 9.30 Å². The summed E-state index contributed by atoms with van der Waals surface area (Å²) < 4.78 is 8.05. The van der Waals surface area contributed by atoms with E-state index in [0.29, 0.717) is 18.8 Å². The van der Waals surface area contributed by atoms with Crippen molar-refractivity contribution in [2.75, 3.05) is 11.5 Å². The van der Waals surface area contributed by atoms with E-state index in [4.69, 9.17) is 4.74 Å². The zero-order valence-electron chi connectivity index (χ0n) is 22.4. The molecule has 198 valence electrons. The molecule has 5 rings (SSSR count). The molecule has 1 aliphatic heterocycles. The summed E-state index contributed by atoms with van der Waals surface area (Å²) in [6.07, 6.45) is 5.12. The van der Waals surface area contributed by atoms with E-state index in [0.717, 1.165) is 45.5 Å². The number of hydrogen-bond acceptors (Lipinski definition) is 4. The third kappa shape index (κ3) is 5.34. The van der Waals surface area contributed by atoms with Crippen LogP contribution in [0.5, 0.6) is 5.75 Å². The van der Waals surface area contributed by atoms with E-state index in [-0.39, 0.29) is 5.57 Å². The molecule has 0 radical (unpaired) electrons. The van der Waals surface area contributed by atoms with Gasteiger partial charge in [-0.25, -0.2) is 9.69 Å². The molecular weight excluding hydrogens is 490 g/mol. The number of amides is 4. The highest BCUT2D eigenvalue weighted by Gasteiger charge is 2.37. The smallest absolute Gasteiger partial charge is 0.335 e. The van der Waals surface area contributed by atoms with Gasteiger partial charge in [0.05, 0.1) is 12.3 Å². The Balaban J connectivity index is 1.38. The molecule has 3 aromatic carbocycles. The largest absolute Gasteiger partial charge is 0.494 e. The number of aromatic nitrogens is 1. The van der Waals surface area contributed by atoms with Crippen molar-refractivity contribution in [3.63, 3.8) is 0 Å². The average molecular weight is 522 g/mol. The summed E-state index contributed by atoms with van der Waals surface area (Å²) >= 11 is 0. The molecule has 2 heterocycles. The van der Waals surface area contributed by atoms with Crippen LogP contribution in [-0.4, -0.2) is 29.0 Å². The number of carbonyl (C=O) groups is 3. The van der Waals surface area contributed by atoms with Crippen LogP contribution in [-0.2, 0) is 22.6 Å². The molecule has 0 aliphatic carbocycles. The Bertz CT molecular complexity index is 1600. The van der Waals surface area contributed by atoms with Crippen molar-refractivity contribution in [1.29, 1.82) is 0 Å². The van der Waals surface area contributed by atoms with Crippen LogP contribution in [0.2, 0.25) is 0 Å². The fraction of sp³-hybridized carbons (Fsp3) is 0.219. The van der Waals surface area contributed by atoms with Gasteiger partial charge in [-0.2, -0.15) is 0 Å². The number of para-hydroxylation sites is 1. The number of carbonyl (C=O) groups excluding carboxylic acids is 3. The third-order valence-electron chi connectivity index (χ3n) is 7.11. The lowest BCUT2D eigenvalue weighted by Gasteiger charge is -2.26. The molecule has 1 fully saturated rings. The summed E-state index contributed by atoms with van der Waals surface area (Å²) in [6.45, 7) is 7.43. The first kappa shape index (κ1) is 26.0. The SMILES string of the molecule is CCc1ccc(N2C(=O)NC(=O)/C(=C/c3cn(CCCOc4ccc(C)c(C)c4)c4ccccc34)C2=O)cc1. The number of hydrogen-bond donors (Lipinski definition) is 1. The Morgan fingerprint density at radius 2 is 1.69 bits per heavy atom. The van der Waals surface area contributed by atoms with Gasteiger partial charge in [-0.15, -0.1) is 0 Å². The van der Waals surface area contributed by atoms with Crippen molar-refractivity contribution >= 4 is 40.5 Å². The van der Waals surface area contributed by atoms with E-state index in [1.54, 1.807) is 18.2 Å². The van der Waals surface area contributed by atoms with Gasteiger partial charge in [0.15, 0.2) is 0 Å². The number of benzene rings is 3. The maximum atomic E-state index is 13.4. The van der Waals surface area contributed by atoms with E-state index < -0.39 is 17.8 Å². The maximum Gasteiger partial charge on any atom is 0.335 e. The lowest BCUT2D eigenvalue weighted by atomic mass is 10.1. The Labute approximate surface area is 227 Å². The summed E-state index contributed by atoms with van der Waals surface area (Å²) in [6, 6.07) is 20.4. The molecule has 0 atom stereocenters. The molecule has 39 heavy (non-hydrogen) atoms. The summed E-state index contributed by atoms with van der Waals surface area (Å²) in [7, 11) is 0. The van der Waals surface area contributed by atoms with Crippen LogP contribution >= 0.6 is 0 Å². The summed E-state index contributed by atoms with van der Waals surface area (Å²) in [5.41, 5.74) is 5.56. The number of nitrogens with zero attached hydrogens (tertiary/aromatic N) is 2. The van der Waals surface area contributed by atoms with Gasteiger partial charge in [0, 0.05) is 29.2 Å². The average Bonchev–Trinajstić information content (AvgIpc) is 3.28. The molecule has 0 unspecified atom stereocenters. The quantitative estimate of drug-likeness (QED) is 0.176. The molecule has 7 heteroatoms. The summed E-state index contributed by atoms with van der Waals surface area (Å²) in [4.78, 5) is 39.8. The first-order valence-electron chi connectivity index (χ1n) is 13.1. The van der Waals surface area contributed by atoms with E-state index in [1.165, 1.54) is 11.1 Å². The standard InChI is InChI=1S/C32H31N3O4/c1-4-23-11-13-25(14-12-23)35-31(37)28(30(36)33-32(35)38)19-24-20-34(29-9-6-5-8-27(24)29)16-7-17-39-26-15-10-21(2)22(3)18-26/h5-6,8-15,18-20H,4,7,16-17H2,1-3H3,(H,33,36,38)/b28-19-. The number of urea groups is 1. The van der Waals surface area contributed by atoms with Crippen molar-refractivity contribution in [3.05, 3.63) is 101 Å². The molecule has 1 aliphatic rings. The van der Waals surface area contributed by atoms with Crippen LogP contribution in [0, 0.1) is 13.8 Å². The number of imide groups is 2. The van der Waals surface area contributed by atoms with Gasteiger partial charge in [-0.05, 0) is 79.8 Å². The number of fused-ring (bicyclic) bond motifs is 1. The molecular formula is C32H31N3O4. The van der Waals surface area contributed by atoms with Crippen molar-refractivity contribution in [2.24, 2.45) is 0 Å². The molecule has 1 saturated heterocycles. The fourth-order valence-corrected chi connectivity index (χ4v) is 4.73. The van der Waals surface area contributed by atoms with Crippen molar-refractivity contribution in [2.45, 2.75) is 40.2 Å². The van der Waals surface area contributed by atoms with E-state index in [1.807, 2.05) is 61.7 Å². The molecule has 7 nitrogen and oxygen atoms in total. The van der Waals surface area contributed by atoms with Gasteiger partial charge in [0.2, 0.25) is 0 Å². The van der Waals surface area contributed by atoms with Crippen LogP contribution in [0.4, 0.5) is 10.5 Å². The summed E-state index contributed by atoms with van der Waals surface area (Å²) in [5.74, 6) is -0.497. The summed E-state index contributed by atoms with van der Waals surface area (Å²) in [5, 5.41) is 3.23. The molecule has 0 saturated carbocycles. The molecule has 1 N–H and O–H groups in total. The van der Waals surface area contributed by atoms with Gasteiger partial charge >= 0.3 is 6.03 Å². The number of aryl methyl sites for hydroxylation is 4. The second-order valence-corrected chi connectivity index (χ2v) is 9.72. The highest BCUT2D eigenvalue weighted by atomic mass is 16.5. The second-order valence-electron chi connectivity index (χ2n) is 9.72. The van der Waals surface area contributed by atoms with E-state index in [2.05, 4.69) is 29.8 Å². The zero-order chi connectivity index (χ0) is 27.5. The monoisotopic (exact) mass is 521 g/mol.